The second-order valence-corrected chi connectivity index (χ2v) is 6.58. The zero-order valence-electron chi connectivity index (χ0n) is 5.18. The summed E-state index contributed by atoms with van der Waals surface area (Å²) in [5.74, 6) is -3.23. The van der Waals surface area contributed by atoms with Crippen molar-refractivity contribution >= 4 is 39.9 Å². The molecule has 0 aliphatic heterocycles. The smallest absolute Gasteiger partial charge is 0.282 e. The molecule has 0 aromatic rings. The van der Waals surface area contributed by atoms with Gasteiger partial charge in [-0.2, -0.15) is 0 Å². The zero-order valence-corrected chi connectivity index (χ0v) is 8.34. The fraction of sp³-hybridized carbons (Fsp3) is 0.500. The van der Waals surface area contributed by atoms with Crippen molar-refractivity contribution in [3.8, 4) is 0 Å². The fourth-order valence-electron chi connectivity index (χ4n) is 0.298. The summed E-state index contributed by atoms with van der Waals surface area (Å²) in [5, 5.41) is 0.208. The van der Waals surface area contributed by atoms with Crippen molar-refractivity contribution < 1.29 is 9.30 Å². The van der Waals surface area contributed by atoms with E-state index in [-0.39, 0.29) is 11.2 Å². The monoisotopic (exact) mass is 222 g/mol. The third-order valence-corrected chi connectivity index (χ3v) is 3.43. The minimum Gasteiger partial charge on any atom is -0.504 e. The van der Waals surface area contributed by atoms with Gasteiger partial charge in [0.2, 0.25) is 0 Å². The number of methoxy groups -OCH3 is 1. The Labute approximate surface area is 74.0 Å². The van der Waals surface area contributed by atoms with E-state index in [2.05, 4.69) is 4.74 Å². The molecule has 60 valence electrons. The number of alkyl halides is 1. The molecule has 0 aliphatic rings. The van der Waals surface area contributed by atoms with Gasteiger partial charge in [0.05, 0.1) is 24.6 Å². The van der Waals surface area contributed by atoms with Crippen molar-refractivity contribution in [3.05, 3.63) is 11.6 Å². The number of hydrogen-bond acceptors (Lipinski definition) is 2. The average Bonchev–Trinajstić information content (AvgIpc) is 1.80. The number of hydrogen-bond donors (Lipinski definition) is 0. The van der Waals surface area contributed by atoms with E-state index in [0.717, 1.165) is 0 Å². The molecule has 0 spiro atoms. The van der Waals surface area contributed by atoms with Crippen LogP contribution < -0.4 is 0 Å². The lowest BCUT2D eigenvalue weighted by atomic mass is 10.7. The predicted octanol–water partition coefficient (Wildman–Crippen LogP) is 3.38. The van der Waals surface area contributed by atoms with Crippen LogP contribution in [0.15, 0.2) is 11.6 Å². The van der Waals surface area contributed by atoms with Crippen molar-refractivity contribution in [3.63, 3.8) is 0 Å². The van der Waals surface area contributed by atoms with Gasteiger partial charge in [-0.25, -0.2) is 0 Å². The zero-order chi connectivity index (χ0) is 8.20. The van der Waals surface area contributed by atoms with Crippen LogP contribution in [-0.4, -0.2) is 13.0 Å². The lowest BCUT2D eigenvalue weighted by Crippen LogP contribution is -1.80. The largest absolute Gasteiger partial charge is 0.504 e. The Hall–Kier alpha value is 0.640. The molecule has 0 heterocycles. The first kappa shape index (κ1) is 10.6. The van der Waals surface area contributed by atoms with Crippen LogP contribution in [0.5, 0.6) is 0 Å². The lowest BCUT2D eigenvalue weighted by Gasteiger charge is -2.02. The Bertz CT molecular complexity index is 173. The Balaban J connectivity index is 4.37. The van der Waals surface area contributed by atoms with Crippen molar-refractivity contribution in [2.45, 2.75) is 0 Å². The van der Waals surface area contributed by atoms with Crippen LogP contribution >= 0.6 is 39.9 Å². The normalized spacial score (nSPS) is 13.4. The van der Waals surface area contributed by atoms with Crippen LogP contribution in [0.1, 0.15) is 0 Å². The SMILES string of the molecule is CO/C=C(/CCl)P(=O)(Cl)Cl. The molecule has 0 radical (unpaired) electrons. The topological polar surface area (TPSA) is 26.3 Å². The Morgan fingerprint density at radius 3 is 2.30 bits per heavy atom. The van der Waals surface area contributed by atoms with Gasteiger partial charge in [0.1, 0.15) is 0 Å². The van der Waals surface area contributed by atoms with Gasteiger partial charge in [-0.1, -0.05) is 0 Å². The average molecular weight is 223 g/mol. The van der Waals surface area contributed by atoms with Crippen LogP contribution in [0.3, 0.4) is 0 Å². The van der Waals surface area contributed by atoms with Gasteiger partial charge in [0.25, 0.3) is 5.85 Å². The first-order valence-electron chi connectivity index (χ1n) is 2.30. The molecular formula is C4H6Cl3O2P. The summed E-state index contributed by atoms with van der Waals surface area (Å²) < 4.78 is 15.4. The third kappa shape index (κ3) is 3.72. The Kier molecular flexibility index (Phi) is 4.79. The lowest BCUT2D eigenvalue weighted by molar-refractivity contribution is 0.336. The maximum Gasteiger partial charge on any atom is 0.282 e. The second-order valence-electron chi connectivity index (χ2n) is 1.44. The molecule has 0 bridgehead atoms. The fourth-order valence-corrected chi connectivity index (χ4v) is 2.20. The molecule has 0 unspecified atom stereocenters. The van der Waals surface area contributed by atoms with E-state index < -0.39 is 5.85 Å². The van der Waals surface area contributed by atoms with Crippen LogP contribution in [0, 0.1) is 0 Å². The van der Waals surface area contributed by atoms with E-state index in [4.69, 9.17) is 34.1 Å². The van der Waals surface area contributed by atoms with Crippen molar-refractivity contribution in [1.29, 1.82) is 0 Å². The summed E-state index contributed by atoms with van der Waals surface area (Å²) in [6.45, 7) is 0. The molecule has 0 rings (SSSR count). The highest BCUT2D eigenvalue weighted by Gasteiger charge is 2.20. The summed E-state index contributed by atoms with van der Waals surface area (Å²) in [7, 11) is 1.40. The molecule has 0 N–H and O–H groups in total. The summed E-state index contributed by atoms with van der Waals surface area (Å²) in [5.41, 5.74) is 0. The summed E-state index contributed by atoms with van der Waals surface area (Å²) in [6, 6.07) is 0. The summed E-state index contributed by atoms with van der Waals surface area (Å²) in [6.07, 6.45) is 1.19. The number of allylic oxidation sites excluding steroid dienone is 1. The molecule has 0 atom stereocenters. The van der Waals surface area contributed by atoms with Gasteiger partial charge in [0.15, 0.2) is 0 Å². The maximum atomic E-state index is 10.8. The van der Waals surface area contributed by atoms with E-state index in [9.17, 15) is 4.57 Å². The highest BCUT2D eigenvalue weighted by atomic mass is 35.9. The molecule has 10 heavy (non-hydrogen) atoms. The maximum absolute atomic E-state index is 10.8. The third-order valence-electron chi connectivity index (χ3n) is 0.725. The predicted molar refractivity (Wildman–Crippen MR) is 45.1 cm³/mol. The molecule has 0 amide bonds. The first-order chi connectivity index (χ1) is 4.52. The molecule has 0 saturated carbocycles. The van der Waals surface area contributed by atoms with E-state index >= 15 is 0 Å². The quantitative estimate of drug-likeness (QED) is 0.416. The minimum atomic E-state index is -3.24. The molecule has 6 heteroatoms. The van der Waals surface area contributed by atoms with E-state index in [0.29, 0.717) is 0 Å². The van der Waals surface area contributed by atoms with Gasteiger partial charge in [-0.05, 0) is 22.5 Å². The van der Waals surface area contributed by atoms with Crippen molar-refractivity contribution in [2.24, 2.45) is 0 Å². The Morgan fingerprint density at radius 1 is 1.70 bits per heavy atom. The van der Waals surface area contributed by atoms with Crippen LogP contribution in [0.25, 0.3) is 0 Å². The van der Waals surface area contributed by atoms with Gasteiger partial charge in [-0.3, -0.25) is 4.57 Å². The van der Waals surface area contributed by atoms with Crippen LogP contribution in [-0.2, 0) is 9.30 Å². The summed E-state index contributed by atoms with van der Waals surface area (Å²) >= 11 is 15.9. The van der Waals surface area contributed by atoms with Crippen LogP contribution in [0.2, 0.25) is 0 Å². The minimum absolute atomic E-state index is 0.0120. The molecule has 0 aromatic carbocycles. The second kappa shape index (κ2) is 4.50. The summed E-state index contributed by atoms with van der Waals surface area (Å²) in [4.78, 5) is 0. The Morgan fingerprint density at radius 2 is 2.20 bits per heavy atom. The van der Waals surface area contributed by atoms with Gasteiger partial charge < -0.3 is 4.74 Å². The van der Waals surface area contributed by atoms with E-state index in [1.807, 2.05) is 0 Å². The van der Waals surface area contributed by atoms with Crippen molar-refractivity contribution in [2.75, 3.05) is 13.0 Å². The molecule has 2 nitrogen and oxygen atoms in total. The highest BCUT2D eigenvalue weighted by Crippen LogP contribution is 2.63. The number of halogens is 3. The number of rotatable bonds is 3. The van der Waals surface area contributed by atoms with Gasteiger partial charge in [-0.15, -0.1) is 11.6 Å². The van der Waals surface area contributed by atoms with E-state index in [1.54, 1.807) is 0 Å². The number of ether oxygens (including phenoxy) is 1. The van der Waals surface area contributed by atoms with Gasteiger partial charge >= 0.3 is 0 Å². The van der Waals surface area contributed by atoms with E-state index in [1.165, 1.54) is 13.4 Å². The molecular weight excluding hydrogens is 217 g/mol. The highest BCUT2D eigenvalue weighted by molar-refractivity contribution is 8.11. The molecule has 0 saturated heterocycles. The molecule has 0 fully saturated rings. The molecule has 0 aromatic heterocycles. The van der Waals surface area contributed by atoms with Crippen molar-refractivity contribution in [1.82, 2.24) is 0 Å². The van der Waals surface area contributed by atoms with Gasteiger partial charge in [0, 0.05) is 0 Å². The first-order valence-corrected chi connectivity index (χ1v) is 6.35. The molecule has 0 aliphatic carbocycles. The standard InChI is InChI=1S/C4H6Cl3O2P/c1-9-3-4(2-5)10(6,7)8/h3H,2H2,1H3/b4-3-. The van der Waals surface area contributed by atoms with Crippen LogP contribution in [0.4, 0.5) is 0 Å².